The Balaban J connectivity index is 2.17. The standard InChI is InChI=1S/C8H8N6S/c9-14-8-11-4-2-7(13-8)15-6-1-3-10-5-12-6/h1-5H,9H2,(H,11,13,14). The fourth-order valence-electron chi connectivity index (χ4n) is 0.915. The number of aromatic nitrogens is 4. The van der Waals surface area contributed by atoms with Crippen LogP contribution in [0.25, 0.3) is 0 Å². The number of nitrogens with two attached hydrogens (primary N) is 1. The predicted molar refractivity (Wildman–Crippen MR) is 56.0 cm³/mol. The average molecular weight is 220 g/mol. The van der Waals surface area contributed by atoms with Crippen LogP contribution in [0.1, 0.15) is 0 Å². The summed E-state index contributed by atoms with van der Waals surface area (Å²) in [5, 5.41) is 1.60. The molecule has 2 rings (SSSR count). The maximum Gasteiger partial charge on any atom is 0.238 e. The van der Waals surface area contributed by atoms with Crippen molar-refractivity contribution in [2.75, 3.05) is 5.43 Å². The highest BCUT2D eigenvalue weighted by Gasteiger charge is 2.00. The highest BCUT2D eigenvalue weighted by molar-refractivity contribution is 7.99. The van der Waals surface area contributed by atoms with Crippen molar-refractivity contribution in [2.24, 2.45) is 5.84 Å². The molecule has 0 saturated heterocycles. The second kappa shape index (κ2) is 4.67. The first kappa shape index (κ1) is 9.81. The van der Waals surface area contributed by atoms with E-state index in [1.165, 1.54) is 18.1 Å². The summed E-state index contributed by atoms with van der Waals surface area (Å²) < 4.78 is 0. The largest absolute Gasteiger partial charge is 0.292 e. The molecule has 0 aliphatic rings. The van der Waals surface area contributed by atoms with Gasteiger partial charge in [-0.1, -0.05) is 0 Å². The highest BCUT2D eigenvalue weighted by Crippen LogP contribution is 2.23. The highest BCUT2D eigenvalue weighted by atomic mass is 32.2. The summed E-state index contributed by atoms with van der Waals surface area (Å²) in [5.74, 6) is 5.59. The first-order chi connectivity index (χ1) is 7.38. The number of nitrogen functional groups attached to an aromatic ring is 1. The van der Waals surface area contributed by atoms with Crippen molar-refractivity contribution in [1.29, 1.82) is 0 Å². The van der Waals surface area contributed by atoms with E-state index in [4.69, 9.17) is 5.84 Å². The second-order valence-corrected chi connectivity index (χ2v) is 3.55. The Kier molecular flexibility index (Phi) is 3.05. The van der Waals surface area contributed by atoms with Crippen LogP contribution in [0.15, 0.2) is 40.9 Å². The van der Waals surface area contributed by atoms with Gasteiger partial charge in [0.25, 0.3) is 0 Å². The fraction of sp³-hybridized carbons (Fsp3) is 0. The normalized spacial score (nSPS) is 9.93. The zero-order chi connectivity index (χ0) is 10.5. The minimum Gasteiger partial charge on any atom is -0.292 e. The summed E-state index contributed by atoms with van der Waals surface area (Å²) in [5.41, 5.74) is 2.38. The van der Waals surface area contributed by atoms with Gasteiger partial charge in [0.15, 0.2) is 0 Å². The summed E-state index contributed by atoms with van der Waals surface area (Å²) in [7, 11) is 0. The lowest BCUT2D eigenvalue weighted by atomic mass is 10.7. The van der Waals surface area contributed by atoms with Crippen molar-refractivity contribution in [1.82, 2.24) is 19.9 Å². The first-order valence-electron chi connectivity index (χ1n) is 4.12. The molecule has 2 heterocycles. The Morgan fingerprint density at radius 2 is 2.00 bits per heavy atom. The Hall–Kier alpha value is -1.73. The molecule has 0 atom stereocenters. The van der Waals surface area contributed by atoms with Crippen LogP contribution in [0.5, 0.6) is 0 Å². The molecule has 0 bridgehead atoms. The molecule has 15 heavy (non-hydrogen) atoms. The fourth-order valence-corrected chi connectivity index (χ4v) is 1.62. The zero-order valence-electron chi connectivity index (χ0n) is 7.66. The van der Waals surface area contributed by atoms with Crippen LogP contribution >= 0.6 is 11.8 Å². The van der Waals surface area contributed by atoms with Gasteiger partial charge < -0.3 is 0 Å². The summed E-state index contributed by atoms with van der Waals surface area (Å²) >= 11 is 1.42. The van der Waals surface area contributed by atoms with Crippen molar-refractivity contribution in [3.8, 4) is 0 Å². The molecule has 0 radical (unpaired) electrons. The molecule has 0 aliphatic heterocycles. The SMILES string of the molecule is NNc1nccc(Sc2ccncn2)n1. The number of nitrogens with zero attached hydrogens (tertiary/aromatic N) is 4. The van der Waals surface area contributed by atoms with E-state index in [2.05, 4.69) is 25.4 Å². The van der Waals surface area contributed by atoms with Crippen molar-refractivity contribution < 1.29 is 0 Å². The van der Waals surface area contributed by atoms with Crippen LogP contribution in [-0.2, 0) is 0 Å². The van der Waals surface area contributed by atoms with E-state index in [1.54, 1.807) is 18.5 Å². The van der Waals surface area contributed by atoms with Crippen molar-refractivity contribution >= 4 is 17.7 Å². The Bertz CT molecular complexity index is 434. The monoisotopic (exact) mass is 220 g/mol. The number of hydrogen-bond acceptors (Lipinski definition) is 7. The van der Waals surface area contributed by atoms with Gasteiger partial charge >= 0.3 is 0 Å². The van der Waals surface area contributed by atoms with Crippen LogP contribution in [0.3, 0.4) is 0 Å². The maximum absolute atomic E-state index is 5.20. The molecule has 76 valence electrons. The number of hydrogen-bond donors (Lipinski definition) is 2. The third-order valence-electron chi connectivity index (χ3n) is 1.52. The number of rotatable bonds is 3. The average Bonchev–Trinajstić information content (AvgIpc) is 2.31. The van der Waals surface area contributed by atoms with Crippen LogP contribution in [0.4, 0.5) is 5.95 Å². The van der Waals surface area contributed by atoms with E-state index in [0.717, 1.165) is 10.1 Å². The number of nitrogens with one attached hydrogen (secondary N) is 1. The topological polar surface area (TPSA) is 89.6 Å². The van der Waals surface area contributed by atoms with Crippen LogP contribution in [-0.4, -0.2) is 19.9 Å². The summed E-state index contributed by atoms with van der Waals surface area (Å²) in [6.07, 6.45) is 4.80. The second-order valence-electron chi connectivity index (χ2n) is 2.51. The first-order valence-corrected chi connectivity index (χ1v) is 4.93. The van der Waals surface area contributed by atoms with E-state index in [-0.39, 0.29) is 0 Å². The minimum absolute atomic E-state index is 0.383. The van der Waals surface area contributed by atoms with Gasteiger partial charge in [0.1, 0.15) is 16.4 Å². The lowest BCUT2D eigenvalue weighted by molar-refractivity contribution is 1.01. The molecular formula is C8H8N6S. The molecule has 2 aromatic heterocycles. The van der Waals surface area contributed by atoms with E-state index < -0.39 is 0 Å². The van der Waals surface area contributed by atoms with E-state index in [9.17, 15) is 0 Å². The van der Waals surface area contributed by atoms with Crippen molar-refractivity contribution in [3.05, 3.63) is 30.9 Å². The van der Waals surface area contributed by atoms with E-state index in [1.807, 2.05) is 6.07 Å². The summed E-state index contributed by atoms with van der Waals surface area (Å²) in [4.78, 5) is 15.9. The molecule has 6 nitrogen and oxygen atoms in total. The molecule has 0 aromatic carbocycles. The predicted octanol–water partition coefficient (Wildman–Crippen LogP) is 0.703. The van der Waals surface area contributed by atoms with Gasteiger partial charge in [0.05, 0.1) is 0 Å². The van der Waals surface area contributed by atoms with Gasteiger partial charge in [-0.2, -0.15) is 0 Å². The number of hydrazine groups is 1. The molecule has 0 saturated carbocycles. The quantitative estimate of drug-likeness (QED) is 0.447. The molecule has 0 aliphatic carbocycles. The van der Waals surface area contributed by atoms with Crippen LogP contribution in [0.2, 0.25) is 0 Å². The molecule has 0 amide bonds. The molecule has 0 fully saturated rings. The Morgan fingerprint density at radius 1 is 1.13 bits per heavy atom. The third kappa shape index (κ3) is 2.61. The van der Waals surface area contributed by atoms with Crippen molar-refractivity contribution in [3.63, 3.8) is 0 Å². The zero-order valence-corrected chi connectivity index (χ0v) is 8.48. The Labute approximate surface area is 90.4 Å². The van der Waals surface area contributed by atoms with Crippen LogP contribution < -0.4 is 11.3 Å². The summed E-state index contributed by atoms with van der Waals surface area (Å²) in [6.45, 7) is 0. The molecule has 0 unspecified atom stereocenters. The van der Waals surface area contributed by atoms with Gasteiger partial charge in [0, 0.05) is 12.4 Å². The van der Waals surface area contributed by atoms with Gasteiger partial charge in [-0.05, 0) is 23.9 Å². The van der Waals surface area contributed by atoms with Gasteiger partial charge in [-0.3, -0.25) is 5.43 Å². The van der Waals surface area contributed by atoms with Gasteiger partial charge in [-0.25, -0.2) is 25.8 Å². The Morgan fingerprint density at radius 3 is 2.73 bits per heavy atom. The molecule has 3 N–H and O–H groups in total. The van der Waals surface area contributed by atoms with Crippen molar-refractivity contribution in [2.45, 2.75) is 10.1 Å². The molecule has 0 spiro atoms. The lowest BCUT2D eigenvalue weighted by Gasteiger charge is -2.01. The van der Waals surface area contributed by atoms with Gasteiger partial charge in [0.2, 0.25) is 5.95 Å². The minimum atomic E-state index is 0.383. The number of anilines is 1. The van der Waals surface area contributed by atoms with E-state index in [0.29, 0.717) is 5.95 Å². The molecular weight excluding hydrogens is 212 g/mol. The van der Waals surface area contributed by atoms with Crippen LogP contribution in [0, 0.1) is 0 Å². The van der Waals surface area contributed by atoms with E-state index >= 15 is 0 Å². The smallest absolute Gasteiger partial charge is 0.238 e. The molecule has 2 aromatic rings. The lowest BCUT2D eigenvalue weighted by Crippen LogP contribution is -2.10. The molecule has 7 heteroatoms. The maximum atomic E-state index is 5.20. The summed E-state index contributed by atoms with van der Waals surface area (Å²) in [6, 6.07) is 3.59. The van der Waals surface area contributed by atoms with Gasteiger partial charge in [-0.15, -0.1) is 0 Å². The third-order valence-corrected chi connectivity index (χ3v) is 2.41.